The van der Waals surface area contributed by atoms with Gasteiger partial charge in [0, 0.05) is 12.7 Å². The standard InChI is InChI=1S/C18H25N5O2/c1-11(2)8-15(16-19-10-20-23(16)3)21-17(24)13-9-12-6-5-7-14(12)22-18(13)25-4/h9-11,15H,5-8H2,1-4H3,(H,21,24)/t15-/m0/s1. The van der Waals surface area contributed by atoms with Crippen molar-refractivity contribution in [2.75, 3.05) is 7.11 Å². The summed E-state index contributed by atoms with van der Waals surface area (Å²) >= 11 is 0. The van der Waals surface area contributed by atoms with Gasteiger partial charge in [0.1, 0.15) is 17.7 Å². The zero-order valence-corrected chi connectivity index (χ0v) is 15.2. The first-order valence-electron chi connectivity index (χ1n) is 8.71. The molecule has 0 spiro atoms. The number of nitrogens with one attached hydrogen (secondary N) is 1. The van der Waals surface area contributed by atoms with Crippen LogP contribution in [0.3, 0.4) is 0 Å². The molecule has 3 rings (SSSR count). The fraction of sp³-hybridized carbons (Fsp3) is 0.556. The number of rotatable bonds is 6. The van der Waals surface area contributed by atoms with Crippen molar-refractivity contribution in [2.24, 2.45) is 13.0 Å². The lowest BCUT2D eigenvalue weighted by Gasteiger charge is -2.20. The molecule has 7 heteroatoms. The first kappa shape index (κ1) is 17.4. The maximum atomic E-state index is 12.9. The second-order valence-electron chi connectivity index (χ2n) is 6.90. The van der Waals surface area contributed by atoms with Gasteiger partial charge in [0.05, 0.1) is 13.2 Å². The number of carbonyl (C=O) groups excluding carboxylic acids is 1. The van der Waals surface area contributed by atoms with Gasteiger partial charge in [0.25, 0.3) is 5.91 Å². The zero-order chi connectivity index (χ0) is 18.0. The molecule has 7 nitrogen and oxygen atoms in total. The van der Waals surface area contributed by atoms with Crippen molar-refractivity contribution in [3.63, 3.8) is 0 Å². The maximum Gasteiger partial charge on any atom is 0.257 e. The maximum absolute atomic E-state index is 12.9. The van der Waals surface area contributed by atoms with E-state index >= 15 is 0 Å². The molecule has 0 bridgehead atoms. The fourth-order valence-electron chi connectivity index (χ4n) is 3.33. The Kier molecular flexibility index (Phi) is 5.01. The Labute approximate surface area is 147 Å². The minimum Gasteiger partial charge on any atom is -0.480 e. The number of ether oxygens (including phenoxy) is 1. The van der Waals surface area contributed by atoms with Crippen LogP contribution in [0.1, 0.15) is 60.2 Å². The number of pyridine rings is 1. The van der Waals surface area contributed by atoms with E-state index in [1.165, 1.54) is 6.33 Å². The number of carbonyl (C=O) groups is 1. The Morgan fingerprint density at radius 2 is 2.20 bits per heavy atom. The molecular weight excluding hydrogens is 318 g/mol. The van der Waals surface area contributed by atoms with Crippen LogP contribution in [0.5, 0.6) is 5.88 Å². The highest BCUT2D eigenvalue weighted by Crippen LogP contribution is 2.27. The van der Waals surface area contributed by atoms with E-state index in [1.54, 1.807) is 11.8 Å². The number of hydrogen-bond donors (Lipinski definition) is 1. The van der Waals surface area contributed by atoms with Crippen LogP contribution in [-0.4, -0.2) is 32.8 Å². The normalized spacial score (nSPS) is 14.4. The molecule has 0 aliphatic heterocycles. The molecule has 0 radical (unpaired) electrons. The number of hydrogen-bond acceptors (Lipinski definition) is 5. The van der Waals surface area contributed by atoms with Crippen molar-refractivity contribution in [1.82, 2.24) is 25.1 Å². The van der Waals surface area contributed by atoms with Crippen LogP contribution in [0.4, 0.5) is 0 Å². The van der Waals surface area contributed by atoms with Crippen LogP contribution in [0.2, 0.25) is 0 Å². The van der Waals surface area contributed by atoms with Crippen molar-refractivity contribution in [3.8, 4) is 5.88 Å². The molecule has 2 heterocycles. The van der Waals surface area contributed by atoms with E-state index in [0.717, 1.165) is 42.8 Å². The summed E-state index contributed by atoms with van der Waals surface area (Å²) in [6.45, 7) is 4.24. The average molecular weight is 343 g/mol. The summed E-state index contributed by atoms with van der Waals surface area (Å²) in [6.07, 6.45) is 5.27. The van der Waals surface area contributed by atoms with Gasteiger partial charge in [-0.15, -0.1) is 0 Å². The molecule has 1 amide bonds. The molecule has 0 fully saturated rings. The van der Waals surface area contributed by atoms with Gasteiger partial charge in [-0.25, -0.2) is 9.97 Å². The fourth-order valence-corrected chi connectivity index (χ4v) is 3.33. The van der Waals surface area contributed by atoms with E-state index < -0.39 is 0 Å². The second kappa shape index (κ2) is 7.21. The predicted molar refractivity (Wildman–Crippen MR) is 93.5 cm³/mol. The van der Waals surface area contributed by atoms with Crippen molar-refractivity contribution < 1.29 is 9.53 Å². The third-order valence-corrected chi connectivity index (χ3v) is 4.52. The molecule has 25 heavy (non-hydrogen) atoms. The summed E-state index contributed by atoms with van der Waals surface area (Å²) in [7, 11) is 3.38. The van der Waals surface area contributed by atoms with E-state index in [1.807, 2.05) is 13.1 Å². The Morgan fingerprint density at radius 3 is 2.84 bits per heavy atom. The second-order valence-corrected chi connectivity index (χ2v) is 6.90. The smallest absolute Gasteiger partial charge is 0.257 e. The molecular formula is C18H25N5O2. The third kappa shape index (κ3) is 3.65. The van der Waals surface area contributed by atoms with Gasteiger partial charge in [-0.2, -0.15) is 5.10 Å². The van der Waals surface area contributed by atoms with Crippen molar-refractivity contribution in [3.05, 3.63) is 35.0 Å². The topological polar surface area (TPSA) is 81.9 Å². The van der Waals surface area contributed by atoms with Gasteiger partial charge < -0.3 is 10.1 Å². The minimum atomic E-state index is -0.210. The van der Waals surface area contributed by atoms with Crippen molar-refractivity contribution >= 4 is 5.91 Å². The average Bonchev–Trinajstić information content (AvgIpc) is 3.20. The minimum absolute atomic E-state index is 0.187. The van der Waals surface area contributed by atoms with Crippen LogP contribution < -0.4 is 10.1 Å². The molecule has 0 saturated carbocycles. The summed E-state index contributed by atoms with van der Waals surface area (Å²) in [5.74, 6) is 1.35. The van der Waals surface area contributed by atoms with Crippen LogP contribution in [0.25, 0.3) is 0 Å². The lowest BCUT2D eigenvalue weighted by Crippen LogP contribution is -2.32. The molecule has 2 aromatic rings. The van der Waals surface area contributed by atoms with E-state index in [2.05, 4.69) is 34.2 Å². The quantitative estimate of drug-likeness (QED) is 0.870. The first-order valence-corrected chi connectivity index (χ1v) is 8.71. The van der Waals surface area contributed by atoms with Gasteiger partial charge in [0.15, 0.2) is 0 Å². The highest BCUT2D eigenvalue weighted by molar-refractivity contribution is 5.96. The number of aromatic nitrogens is 4. The van der Waals surface area contributed by atoms with Crippen LogP contribution >= 0.6 is 0 Å². The number of nitrogens with zero attached hydrogens (tertiary/aromatic N) is 4. The zero-order valence-electron chi connectivity index (χ0n) is 15.2. The summed E-state index contributed by atoms with van der Waals surface area (Å²) in [5.41, 5.74) is 2.67. The lowest BCUT2D eigenvalue weighted by atomic mass is 10.0. The SMILES string of the molecule is COc1nc2c(cc1C(=O)N[C@@H](CC(C)C)c1ncnn1C)CCC2. The summed E-state index contributed by atoms with van der Waals surface area (Å²) in [6, 6.07) is 1.71. The molecule has 1 aliphatic rings. The van der Waals surface area contributed by atoms with Gasteiger partial charge in [-0.3, -0.25) is 9.48 Å². The van der Waals surface area contributed by atoms with E-state index in [9.17, 15) is 4.79 Å². The molecule has 0 aromatic carbocycles. The van der Waals surface area contributed by atoms with Crippen LogP contribution in [0.15, 0.2) is 12.4 Å². The highest BCUT2D eigenvalue weighted by atomic mass is 16.5. The van der Waals surface area contributed by atoms with Gasteiger partial charge in [-0.05, 0) is 43.2 Å². The Bertz CT molecular complexity index is 769. The largest absolute Gasteiger partial charge is 0.480 e. The molecule has 1 atom stereocenters. The summed E-state index contributed by atoms with van der Waals surface area (Å²) in [4.78, 5) is 21.8. The number of amides is 1. The Hall–Kier alpha value is -2.44. The van der Waals surface area contributed by atoms with E-state index in [4.69, 9.17) is 4.74 Å². The van der Waals surface area contributed by atoms with E-state index in [0.29, 0.717) is 17.4 Å². The van der Waals surface area contributed by atoms with Gasteiger partial charge >= 0.3 is 0 Å². The molecule has 2 aromatic heterocycles. The van der Waals surface area contributed by atoms with E-state index in [-0.39, 0.29) is 11.9 Å². The van der Waals surface area contributed by atoms with Crippen LogP contribution in [-0.2, 0) is 19.9 Å². The summed E-state index contributed by atoms with van der Waals surface area (Å²) in [5, 5.41) is 7.21. The molecule has 134 valence electrons. The van der Waals surface area contributed by atoms with Gasteiger partial charge in [0.2, 0.25) is 5.88 Å². The number of fused-ring (bicyclic) bond motifs is 1. The third-order valence-electron chi connectivity index (χ3n) is 4.52. The van der Waals surface area contributed by atoms with Gasteiger partial charge in [-0.1, -0.05) is 13.8 Å². The van der Waals surface area contributed by atoms with Crippen molar-refractivity contribution in [1.29, 1.82) is 0 Å². The molecule has 0 unspecified atom stereocenters. The monoisotopic (exact) mass is 343 g/mol. The number of methoxy groups -OCH3 is 1. The first-order chi connectivity index (χ1) is 12.0. The van der Waals surface area contributed by atoms with Crippen molar-refractivity contribution in [2.45, 2.75) is 45.6 Å². The Morgan fingerprint density at radius 1 is 1.40 bits per heavy atom. The predicted octanol–water partition coefficient (Wildman–Crippen LogP) is 2.22. The summed E-state index contributed by atoms with van der Waals surface area (Å²) < 4.78 is 7.06. The molecule has 0 saturated heterocycles. The molecule has 1 N–H and O–H groups in total. The number of aryl methyl sites for hydroxylation is 3. The molecule has 1 aliphatic carbocycles. The lowest BCUT2D eigenvalue weighted by molar-refractivity contribution is 0.0925. The van der Waals surface area contributed by atoms with Crippen LogP contribution in [0, 0.1) is 5.92 Å². The Balaban J connectivity index is 1.88. The highest BCUT2D eigenvalue weighted by Gasteiger charge is 2.25.